The second kappa shape index (κ2) is 7.57. The first-order valence-electron chi connectivity index (χ1n) is 7.76. The Kier molecular flexibility index (Phi) is 5.76. The van der Waals surface area contributed by atoms with Crippen molar-refractivity contribution in [3.63, 3.8) is 0 Å². The van der Waals surface area contributed by atoms with Crippen molar-refractivity contribution < 1.29 is 9.90 Å². The van der Waals surface area contributed by atoms with Gasteiger partial charge in [0.25, 0.3) is 0 Å². The molecule has 1 aliphatic rings. The van der Waals surface area contributed by atoms with Crippen molar-refractivity contribution in [2.24, 2.45) is 5.92 Å². The molecule has 21 heavy (non-hydrogen) atoms. The number of hydrogen-bond donors (Lipinski definition) is 1. The fraction of sp³-hybridized carbons (Fsp3) is 0.588. The molecule has 1 saturated heterocycles. The number of nitrogens with zero attached hydrogens (tertiary/aromatic N) is 2. The van der Waals surface area contributed by atoms with Crippen molar-refractivity contribution in [2.45, 2.75) is 32.9 Å². The summed E-state index contributed by atoms with van der Waals surface area (Å²) in [6.45, 7) is 8.34. The smallest absolute Gasteiger partial charge is 0.317 e. The molecule has 1 atom stereocenters. The average Bonchev–Trinajstić information content (AvgIpc) is 2.86. The van der Waals surface area contributed by atoms with Crippen LogP contribution in [0, 0.1) is 5.92 Å². The van der Waals surface area contributed by atoms with Gasteiger partial charge >= 0.3 is 5.97 Å². The minimum absolute atomic E-state index is 0.146. The van der Waals surface area contributed by atoms with Crippen LogP contribution in [0.25, 0.3) is 0 Å². The molecule has 1 aliphatic heterocycles. The van der Waals surface area contributed by atoms with Crippen LogP contribution in [-0.4, -0.2) is 53.1 Å². The zero-order valence-electron chi connectivity index (χ0n) is 13.0. The van der Waals surface area contributed by atoms with E-state index in [1.165, 1.54) is 5.56 Å². The molecule has 1 N–H and O–H groups in total. The fourth-order valence-electron chi connectivity index (χ4n) is 3.01. The average molecular weight is 290 g/mol. The number of benzene rings is 1. The second-order valence-electron chi connectivity index (χ2n) is 6.29. The summed E-state index contributed by atoms with van der Waals surface area (Å²) in [5, 5.41) is 9.00. The number of carboxylic acid groups (broad SMARTS) is 1. The molecule has 1 aromatic rings. The molecule has 1 unspecified atom stereocenters. The Morgan fingerprint density at radius 1 is 1.38 bits per heavy atom. The number of hydrogen-bond acceptors (Lipinski definition) is 3. The van der Waals surface area contributed by atoms with Crippen LogP contribution in [0.15, 0.2) is 30.3 Å². The van der Waals surface area contributed by atoms with Gasteiger partial charge in [0.2, 0.25) is 0 Å². The summed E-state index contributed by atoms with van der Waals surface area (Å²) in [6.07, 6.45) is 1.16. The van der Waals surface area contributed by atoms with E-state index in [1.54, 1.807) is 0 Å². The van der Waals surface area contributed by atoms with Gasteiger partial charge in [-0.2, -0.15) is 0 Å². The third kappa shape index (κ3) is 5.14. The highest BCUT2D eigenvalue weighted by Crippen LogP contribution is 2.20. The Bertz CT molecular complexity index is 447. The molecule has 1 aromatic carbocycles. The van der Waals surface area contributed by atoms with Crippen LogP contribution >= 0.6 is 0 Å². The lowest BCUT2D eigenvalue weighted by molar-refractivity contribution is -0.138. The van der Waals surface area contributed by atoms with E-state index in [9.17, 15) is 4.79 Å². The second-order valence-corrected chi connectivity index (χ2v) is 6.29. The largest absolute Gasteiger partial charge is 0.480 e. The van der Waals surface area contributed by atoms with Crippen molar-refractivity contribution in [3.05, 3.63) is 35.9 Å². The molecule has 4 nitrogen and oxygen atoms in total. The summed E-state index contributed by atoms with van der Waals surface area (Å²) in [5.41, 5.74) is 1.35. The molecule has 0 radical (unpaired) electrons. The van der Waals surface area contributed by atoms with Crippen molar-refractivity contribution in [1.29, 1.82) is 0 Å². The van der Waals surface area contributed by atoms with E-state index < -0.39 is 5.97 Å². The molecule has 0 spiro atoms. The van der Waals surface area contributed by atoms with Crippen molar-refractivity contribution in [3.8, 4) is 0 Å². The van der Waals surface area contributed by atoms with Crippen LogP contribution in [0.5, 0.6) is 0 Å². The SMILES string of the molecule is CC(C)N(CC(=O)O)CC1CCN(Cc2ccccc2)C1. The normalized spacial score (nSPS) is 19.5. The number of carboxylic acids is 1. The van der Waals surface area contributed by atoms with Crippen LogP contribution in [0.1, 0.15) is 25.8 Å². The standard InChI is InChI=1S/C17H26N2O2/c1-14(2)19(13-17(20)21)12-16-8-9-18(11-16)10-15-6-4-3-5-7-15/h3-7,14,16H,8-13H2,1-2H3,(H,20,21). The Morgan fingerprint density at radius 2 is 2.10 bits per heavy atom. The summed E-state index contributed by atoms with van der Waals surface area (Å²) in [5.74, 6) is -0.154. The third-order valence-corrected chi connectivity index (χ3v) is 4.18. The zero-order chi connectivity index (χ0) is 15.2. The van der Waals surface area contributed by atoms with Crippen LogP contribution in [-0.2, 0) is 11.3 Å². The number of rotatable bonds is 7. The van der Waals surface area contributed by atoms with Crippen LogP contribution in [0.3, 0.4) is 0 Å². The summed E-state index contributed by atoms with van der Waals surface area (Å²) >= 11 is 0. The quantitative estimate of drug-likeness (QED) is 0.837. The minimum atomic E-state index is -0.733. The van der Waals surface area contributed by atoms with E-state index in [1.807, 2.05) is 6.07 Å². The first-order valence-corrected chi connectivity index (χ1v) is 7.76. The van der Waals surface area contributed by atoms with E-state index >= 15 is 0 Å². The van der Waals surface area contributed by atoms with E-state index in [-0.39, 0.29) is 12.6 Å². The summed E-state index contributed by atoms with van der Waals surface area (Å²) in [6, 6.07) is 10.8. The molecule has 0 aromatic heterocycles. The lowest BCUT2D eigenvalue weighted by Gasteiger charge is -2.27. The molecule has 0 saturated carbocycles. The molecule has 116 valence electrons. The zero-order valence-corrected chi connectivity index (χ0v) is 13.0. The molecule has 0 aliphatic carbocycles. The topological polar surface area (TPSA) is 43.8 Å². The molecule has 4 heteroatoms. The maximum Gasteiger partial charge on any atom is 0.317 e. The molecule has 1 fully saturated rings. The lowest BCUT2D eigenvalue weighted by atomic mass is 10.1. The van der Waals surface area contributed by atoms with Crippen molar-refractivity contribution in [2.75, 3.05) is 26.2 Å². The van der Waals surface area contributed by atoms with Gasteiger partial charge in [-0.25, -0.2) is 0 Å². The predicted octanol–water partition coefficient (Wildman–Crippen LogP) is 2.30. The van der Waals surface area contributed by atoms with E-state index in [0.717, 1.165) is 32.6 Å². The maximum atomic E-state index is 10.9. The van der Waals surface area contributed by atoms with Crippen LogP contribution in [0.4, 0.5) is 0 Å². The fourth-order valence-corrected chi connectivity index (χ4v) is 3.01. The van der Waals surface area contributed by atoms with E-state index in [2.05, 4.69) is 47.9 Å². The van der Waals surface area contributed by atoms with Crippen LogP contribution in [0.2, 0.25) is 0 Å². The Hall–Kier alpha value is -1.39. The molecule has 2 rings (SSSR count). The highest BCUT2D eigenvalue weighted by molar-refractivity contribution is 5.69. The highest BCUT2D eigenvalue weighted by Gasteiger charge is 2.26. The molecular weight excluding hydrogens is 264 g/mol. The monoisotopic (exact) mass is 290 g/mol. The van der Waals surface area contributed by atoms with Gasteiger partial charge in [-0.05, 0) is 38.3 Å². The van der Waals surface area contributed by atoms with Gasteiger partial charge in [-0.15, -0.1) is 0 Å². The summed E-state index contributed by atoms with van der Waals surface area (Å²) in [4.78, 5) is 15.5. The Balaban J connectivity index is 1.82. The predicted molar refractivity (Wildman–Crippen MR) is 84.2 cm³/mol. The van der Waals surface area contributed by atoms with Crippen molar-refractivity contribution >= 4 is 5.97 Å². The number of carbonyl (C=O) groups is 1. The minimum Gasteiger partial charge on any atom is -0.480 e. The molecular formula is C17H26N2O2. The first-order chi connectivity index (χ1) is 10.0. The first kappa shape index (κ1) is 16.0. The molecule has 1 heterocycles. The summed E-state index contributed by atoms with van der Waals surface area (Å²) in [7, 11) is 0. The van der Waals surface area contributed by atoms with Gasteiger partial charge in [0, 0.05) is 25.7 Å². The number of aliphatic carboxylic acids is 1. The Labute approximate surface area is 127 Å². The van der Waals surface area contributed by atoms with Gasteiger partial charge in [-0.3, -0.25) is 14.6 Å². The highest BCUT2D eigenvalue weighted by atomic mass is 16.4. The van der Waals surface area contributed by atoms with E-state index in [4.69, 9.17) is 5.11 Å². The van der Waals surface area contributed by atoms with Crippen LogP contribution < -0.4 is 0 Å². The lowest BCUT2D eigenvalue weighted by Crippen LogP contribution is -2.39. The van der Waals surface area contributed by atoms with Crippen molar-refractivity contribution in [1.82, 2.24) is 9.80 Å². The Morgan fingerprint density at radius 3 is 2.71 bits per heavy atom. The summed E-state index contributed by atoms with van der Waals surface area (Å²) < 4.78 is 0. The third-order valence-electron chi connectivity index (χ3n) is 4.18. The van der Waals surface area contributed by atoms with Gasteiger partial charge in [0.15, 0.2) is 0 Å². The van der Waals surface area contributed by atoms with Gasteiger partial charge in [0.05, 0.1) is 6.54 Å². The molecule has 0 amide bonds. The van der Waals surface area contributed by atoms with Gasteiger partial charge in [-0.1, -0.05) is 30.3 Å². The number of likely N-dealkylation sites (tertiary alicyclic amines) is 1. The van der Waals surface area contributed by atoms with E-state index in [0.29, 0.717) is 5.92 Å². The van der Waals surface area contributed by atoms with Gasteiger partial charge in [0.1, 0.15) is 0 Å². The molecule has 0 bridgehead atoms. The van der Waals surface area contributed by atoms with Gasteiger partial charge < -0.3 is 5.11 Å². The maximum absolute atomic E-state index is 10.9.